The molecule has 2 aromatic carbocycles. The van der Waals surface area contributed by atoms with Crippen molar-refractivity contribution in [2.45, 2.75) is 6.42 Å². The van der Waals surface area contributed by atoms with Crippen LogP contribution in [0.3, 0.4) is 0 Å². The van der Waals surface area contributed by atoms with E-state index >= 15 is 0 Å². The average Bonchev–Trinajstić information content (AvgIpc) is 2.99. The third-order valence-electron chi connectivity index (χ3n) is 5.34. The fourth-order valence-electron chi connectivity index (χ4n) is 3.72. The summed E-state index contributed by atoms with van der Waals surface area (Å²) in [6, 6.07) is 12.1. The summed E-state index contributed by atoms with van der Waals surface area (Å²) in [7, 11) is 0. The van der Waals surface area contributed by atoms with Gasteiger partial charge in [0, 0.05) is 36.0 Å². The first-order valence-electron chi connectivity index (χ1n) is 10.1. The summed E-state index contributed by atoms with van der Waals surface area (Å²) in [5.74, 6) is 1.33. The minimum Gasteiger partial charge on any atom is -0.490 e. The number of benzene rings is 2. The normalized spacial score (nSPS) is 16.6. The van der Waals surface area contributed by atoms with Crippen molar-refractivity contribution in [2.75, 3.05) is 56.2 Å². The first kappa shape index (κ1) is 20.0. The molecule has 2 N–H and O–H groups in total. The Morgan fingerprint density at radius 3 is 2.47 bits per heavy atom. The molecule has 0 saturated carbocycles. The topological polar surface area (TPSA) is 98.4 Å². The number of piperazine rings is 1. The van der Waals surface area contributed by atoms with Crippen LogP contribution in [0.2, 0.25) is 0 Å². The number of quaternary nitrogens is 1. The van der Waals surface area contributed by atoms with Gasteiger partial charge in [0.2, 0.25) is 0 Å². The molecule has 0 aromatic heterocycles. The molecule has 0 aliphatic carbocycles. The summed E-state index contributed by atoms with van der Waals surface area (Å²) >= 11 is 0. The van der Waals surface area contributed by atoms with Gasteiger partial charge in [-0.15, -0.1) is 0 Å². The number of nitro benzene ring substituents is 1. The number of ether oxygens (including phenoxy) is 2. The van der Waals surface area contributed by atoms with E-state index in [0.29, 0.717) is 36.9 Å². The van der Waals surface area contributed by atoms with E-state index in [1.807, 2.05) is 12.1 Å². The fraction of sp³-hybridized carbons (Fsp3) is 0.381. The van der Waals surface area contributed by atoms with Gasteiger partial charge in [-0.05, 0) is 24.3 Å². The molecule has 2 aliphatic heterocycles. The second-order valence-electron chi connectivity index (χ2n) is 7.45. The van der Waals surface area contributed by atoms with Gasteiger partial charge in [-0.3, -0.25) is 14.9 Å². The third-order valence-corrected chi connectivity index (χ3v) is 5.34. The Hall–Kier alpha value is -3.33. The second kappa shape index (κ2) is 9.00. The van der Waals surface area contributed by atoms with Gasteiger partial charge in [0.05, 0.1) is 44.3 Å². The van der Waals surface area contributed by atoms with Gasteiger partial charge in [-0.25, -0.2) is 0 Å². The largest absolute Gasteiger partial charge is 0.490 e. The molecule has 0 spiro atoms. The minimum absolute atomic E-state index is 0.0386. The Balaban J connectivity index is 1.27. The van der Waals surface area contributed by atoms with Gasteiger partial charge in [0.25, 0.3) is 11.6 Å². The van der Waals surface area contributed by atoms with Crippen LogP contribution in [0, 0.1) is 10.1 Å². The van der Waals surface area contributed by atoms with Crippen LogP contribution in [0.15, 0.2) is 42.5 Å². The molecule has 1 saturated heterocycles. The van der Waals surface area contributed by atoms with Gasteiger partial charge < -0.3 is 24.6 Å². The molecule has 2 aliphatic rings. The molecular formula is C21H25N4O5+. The van der Waals surface area contributed by atoms with Crippen LogP contribution in [-0.4, -0.2) is 56.8 Å². The van der Waals surface area contributed by atoms with Gasteiger partial charge in [0.1, 0.15) is 0 Å². The van der Waals surface area contributed by atoms with E-state index in [0.717, 1.165) is 38.3 Å². The summed E-state index contributed by atoms with van der Waals surface area (Å²) < 4.78 is 11.3. The van der Waals surface area contributed by atoms with Crippen LogP contribution in [0.5, 0.6) is 11.5 Å². The van der Waals surface area contributed by atoms with E-state index < -0.39 is 4.92 Å². The molecule has 1 amide bonds. The number of nitrogens with zero attached hydrogens (tertiary/aromatic N) is 2. The average molecular weight is 413 g/mol. The quantitative estimate of drug-likeness (QED) is 0.563. The molecule has 0 unspecified atom stereocenters. The number of hydrogen-bond acceptors (Lipinski definition) is 6. The summed E-state index contributed by atoms with van der Waals surface area (Å²) in [4.78, 5) is 26.3. The van der Waals surface area contributed by atoms with Gasteiger partial charge >= 0.3 is 0 Å². The van der Waals surface area contributed by atoms with Crippen LogP contribution in [-0.2, 0) is 4.79 Å². The maximum absolute atomic E-state index is 12.5. The molecule has 4 rings (SSSR count). The summed E-state index contributed by atoms with van der Waals surface area (Å²) in [5.41, 5.74) is 1.76. The van der Waals surface area contributed by atoms with Crippen molar-refractivity contribution in [1.82, 2.24) is 0 Å². The Kier molecular flexibility index (Phi) is 5.99. The molecule has 0 radical (unpaired) electrons. The van der Waals surface area contributed by atoms with Crippen molar-refractivity contribution < 1.29 is 24.1 Å². The van der Waals surface area contributed by atoms with E-state index in [-0.39, 0.29) is 11.6 Å². The number of non-ortho nitro benzene ring substituents is 1. The van der Waals surface area contributed by atoms with Gasteiger partial charge in [-0.1, -0.05) is 0 Å². The van der Waals surface area contributed by atoms with Crippen molar-refractivity contribution in [3.05, 3.63) is 52.6 Å². The lowest BCUT2D eigenvalue weighted by atomic mass is 10.2. The number of nitrogens with one attached hydrogen (secondary N) is 2. The molecule has 9 nitrogen and oxygen atoms in total. The fourth-order valence-corrected chi connectivity index (χ4v) is 3.72. The first-order valence-corrected chi connectivity index (χ1v) is 10.1. The molecule has 1 fully saturated rings. The van der Waals surface area contributed by atoms with E-state index in [4.69, 9.17) is 9.47 Å². The Morgan fingerprint density at radius 2 is 1.77 bits per heavy atom. The summed E-state index contributed by atoms with van der Waals surface area (Å²) in [5, 5.41) is 13.7. The number of nitro groups is 1. The highest BCUT2D eigenvalue weighted by molar-refractivity contribution is 5.91. The standard InChI is InChI=1S/C21H24N4O5/c26-21(22-16-2-7-19-20(14-16)30-13-1-12-29-19)15-23-8-10-24(11-9-23)17-3-5-18(6-4-17)25(27)28/h2-7,14H,1,8-13,15H2,(H,22,26)/p+1. The monoisotopic (exact) mass is 413 g/mol. The number of fused-ring (bicyclic) bond motifs is 1. The SMILES string of the molecule is O=C(C[NH+]1CCN(c2ccc([N+](=O)[O-])cc2)CC1)Nc1ccc2c(c1)OCCCO2. The molecule has 0 bridgehead atoms. The Bertz CT molecular complexity index is 910. The first-order chi connectivity index (χ1) is 14.6. The zero-order valence-electron chi connectivity index (χ0n) is 16.6. The van der Waals surface area contributed by atoms with Crippen LogP contribution in [0.1, 0.15) is 6.42 Å². The zero-order valence-corrected chi connectivity index (χ0v) is 16.6. The molecule has 30 heavy (non-hydrogen) atoms. The van der Waals surface area contributed by atoms with Gasteiger partial charge in [0.15, 0.2) is 18.0 Å². The van der Waals surface area contributed by atoms with Crippen molar-refractivity contribution in [3.8, 4) is 11.5 Å². The molecule has 158 valence electrons. The summed E-state index contributed by atoms with van der Waals surface area (Å²) in [6.07, 6.45) is 0.839. The van der Waals surface area contributed by atoms with Gasteiger partial charge in [-0.2, -0.15) is 0 Å². The number of rotatable bonds is 5. The van der Waals surface area contributed by atoms with E-state index in [1.54, 1.807) is 18.2 Å². The van der Waals surface area contributed by atoms with Crippen LogP contribution in [0.25, 0.3) is 0 Å². The maximum atomic E-state index is 12.5. The second-order valence-corrected chi connectivity index (χ2v) is 7.45. The number of amides is 1. The molecule has 2 heterocycles. The predicted octanol–water partition coefficient (Wildman–Crippen LogP) is 1.10. The highest BCUT2D eigenvalue weighted by Crippen LogP contribution is 2.32. The Morgan fingerprint density at radius 1 is 1.07 bits per heavy atom. The van der Waals surface area contributed by atoms with Crippen molar-refractivity contribution in [3.63, 3.8) is 0 Å². The van der Waals surface area contributed by atoms with Crippen LogP contribution >= 0.6 is 0 Å². The van der Waals surface area contributed by atoms with E-state index in [2.05, 4.69) is 10.2 Å². The molecule has 9 heteroatoms. The molecular weight excluding hydrogens is 388 g/mol. The predicted molar refractivity (Wildman–Crippen MR) is 112 cm³/mol. The maximum Gasteiger partial charge on any atom is 0.279 e. The highest BCUT2D eigenvalue weighted by atomic mass is 16.6. The molecule has 0 atom stereocenters. The van der Waals surface area contributed by atoms with Crippen LogP contribution < -0.4 is 24.6 Å². The smallest absolute Gasteiger partial charge is 0.279 e. The number of hydrogen-bond donors (Lipinski definition) is 2. The van der Waals surface area contributed by atoms with Crippen molar-refractivity contribution in [1.29, 1.82) is 0 Å². The Labute approximate surface area is 174 Å². The lowest BCUT2D eigenvalue weighted by Crippen LogP contribution is -3.15. The number of anilines is 2. The lowest BCUT2D eigenvalue weighted by molar-refractivity contribution is -0.892. The van der Waals surface area contributed by atoms with E-state index in [9.17, 15) is 14.9 Å². The third kappa shape index (κ3) is 4.80. The number of carbonyl (C=O) groups excluding carboxylic acids is 1. The van der Waals surface area contributed by atoms with E-state index in [1.165, 1.54) is 17.0 Å². The van der Waals surface area contributed by atoms with Crippen molar-refractivity contribution in [2.24, 2.45) is 0 Å². The van der Waals surface area contributed by atoms with Crippen LogP contribution in [0.4, 0.5) is 17.1 Å². The molecule has 2 aromatic rings. The lowest BCUT2D eigenvalue weighted by Gasteiger charge is -2.33. The zero-order chi connectivity index (χ0) is 20.9. The van der Waals surface area contributed by atoms with Crippen molar-refractivity contribution >= 4 is 23.0 Å². The summed E-state index contributed by atoms with van der Waals surface area (Å²) in [6.45, 7) is 4.87. The minimum atomic E-state index is -0.395. The number of carbonyl (C=O) groups is 1. The highest BCUT2D eigenvalue weighted by Gasteiger charge is 2.23.